The van der Waals surface area contributed by atoms with Gasteiger partial charge in [0.15, 0.2) is 0 Å². The van der Waals surface area contributed by atoms with Gasteiger partial charge in [0.1, 0.15) is 5.75 Å². The third-order valence-corrected chi connectivity index (χ3v) is 6.47. The molecule has 4 rings (SSSR count). The lowest BCUT2D eigenvalue weighted by Crippen LogP contribution is -2.53. The Balaban J connectivity index is 1.18. The zero-order chi connectivity index (χ0) is 21.6. The van der Waals surface area contributed by atoms with Crippen molar-refractivity contribution in [3.63, 3.8) is 0 Å². The molecule has 2 aromatic rings. The predicted octanol–water partition coefficient (Wildman–Crippen LogP) is 2.82. The number of methoxy groups -OCH3 is 1. The van der Waals surface area contributed by atoms with Crippen molar-refractivity contribution in [2.24, 2.45) is 0 Å². The zero-order valence-corrected chi connectivity index (χ0v) is 18.9. The number of benzene rings is 2. The fourth-order valence-corrected chi connectivity index (χ4v) is 4.38. The molecular weight excluding hydrogens is 412 g/mol. The van der Waals surface area contributed by atoms with Crippen LogP contribution in [0.5, 0.6) is 5.75 Å². The molecule has 0 unspecified atom stereocenters. The first kappa shape index (κ1) is 21.9. The van der Waals surface area contributed by atoms with E-state index >= 15 is 0 Å². The molecule has 2 aromatic carbocycles. The van der Waals surface area contributed by atoms with Gasteiger partial charge in [-0.15, -0.1) is 0 Å². The molecule has 1 amide bonds. The molecule has 6 nitrogen and oxygen atoms in total. The second-order valence-electron chi connectivity index (χ2n) is 8.24. The second kappa shape index (κ2) is 10.4. The number of halogens is 1. The highest BCUT2D eigenvalue weighted by Crippen LogP contribution is 2.20. The molecule has 0 aliphatic carbocycles. The van der Waals surface area contributed by atoms with Crippen molar-refractivity contribution in [1.82, 2.24) is 14.7 Å². The highest BCUT2D eigenvalue weighted by molar-refractivity contribution is 6.30. The number of piperazine rings is 2. The summed E-state index contributed by atoms with van der Waals surface area (Å²) in [5.74, 6) is 1.12. The number of carbonyl (C=O) groups is 1. The van der Waals surface area contributed by atoms with Gasteiger partial charge >= 0.3 is 0 Å². The Kier molecular flexibility index (Phi) is 7.33. The quantitative estimate of drug-likeness (QED) is 0.688. The molecule has 31 heavy (non-hydrogen) atoms. The SMILES string of the molecule is COc1ccc(N2CCN(C(=O)CN3CCN(Cc4ccc(Cl)cc4)CC3)CC2)cc1. The minimum absolute atomic E-state index is 0.250. The maximum absolute atomic E-state index is 12.8. The molecule has 0 radical (unpaired) electrons. The number of anilines is 1. The lowest BCUT2D eigenvalue weighted by molar-refractivity contribution is -0.133. The average molecular weight is 443 g/mol. The summed E-state index contributed by atoms with van der Waals surface area (Å²) in [6, 6.07) is 16.2. The summed E-state index contributed by atoms with van der Waals surface area (Å²) in [7, 11) is 1.68. The Morgan fingerprint density at radius 1 is 0.839 bits per heavy atom. The van der Waals surface area contributed by atoms with Crippen LogP contribution in [0, 0.1) is 0 Å². The number of rotatable bonds is 6. The molecule has 2 aliphatic rings. The largest absolute Gasteiger partial charge is 0.497 e. The Morgan fingerprint density at radius 3 is 2.06 bits per heavy atom. The first-order valence-corrected chi connectivity index (χ1v) is 11.3. The van der Waals surface area contributed by atoms with E-state index < -0.39 is 0 Å². The van der Waals surface area contributed by atoms with Crippen molar-refractivity contribution in [2.75, 3.05) is 70.9 Å². The van der Waals surface area contributed by atoms with Crippen molar-refractivity contribution in [3.05, 3.63) is 59.1 Å². The molecule has 0 aromatic heterocycles. The van der Waals surface area contributed by atoms with Gasteiger partial charge in [-0.2, -0.15) is 0 Å². The highest BCUT2D eigenvalue weighted by Gasteiger charge is 2.25. The number of ether oxygens (including phenoxy) is 1. The number of hydrogen-bond donors (Lipinski definition) is 0. The topological polar surface area (TPSA) is 39.3 Å². The highest BCUT2D eigenvalue weighted by atomic mass is 35.5. The van der Waals surface area contributed by atoms with E-state index in [2.05, 4.69) is 39.0 Å². The van der Waals surface area contributed by atoms with E-state index in [9.17, 15) is 4.79 Å². The van der Waals surface area contributed by atoms with E-state index in [0.717, 1.165) is 69.7 Å². The van der Waals surface area contributed by atoms with Crippen LogP contribution in [0.1, 0.15) is 5.56 Å². The lowest BCUT2D eigenvalue weighted by Gasteiger charge is -2.38. The van der Waals surface area contributed by atoms with Crippen molar-refractivity contribution in [2.45, 2.75) is 6.54 Å². The first-order chi connectivity index (χ1) is 15.1. The maximum Gasteiger partial charge on any atom is 0.236 e. The van der Waals surface area contributed by atoms with Gasteiger partial charge < -0.3 is 14.5 Å². The molecular formula is C24H31ClN4O2. The van der Waals surface area contributed by atoms with Gasteiger partial charge in [0, 0.05) is 69.6 Å². The molecule has 0 atom stereocenters. The summed E-state index contributed by atoms with van der Waals surface area (Å²) in [6.07, 6.45) is 0. The molecule has 0 spiro atoms. The van der Waals surface area contributed by atoms with E-state index in [1.807, 2.05) is 29.2 Å². The van der Waals surface area contributed by atoms with Crippen LogP contribution in [0.3, 0.4) is 0 Å². The van der Waals surface area contributed by atoms with E-state index in [1.54, 1.807) is 7.11 Å². The van der Waals surface area contributed by atoms with Gasteiger partial charge in [-0.25, -0.2) is 0 Å². The van der Waals surface area contributed by atoms with Crippen LogP contribution in [0.2, 0.25) is 5.02 Å². The third kappa shape index (κ3) is 5.91. The molecule has 2 fully saturated rings. The summed E-state index contributed by atoms with van der Waals surface area (Å²) in [5.41, 5.74) is 2.47. The fraction of sp³-hybridized carbons (Fsp3) is 0.458. The van der Waals surface area contributed by atoms with Gasteiger partial charge in [-0.05, 0) is 42.0 Å². The van der Waals surface area contributed by atoms with Crippen LogP contribution in [0.15, 0.2) is 48.5 Å². The molecule has 2 aliphatic heterocycles. The molecule has 2 heterocycles. The van der Waals surface area contributed by atoms with Crippen LogP contribution in [0.25, 0.3) is 0 Å². The zero-order valence-electron chi connectivity index (χ0n) is 18.2. The van der Waals surface area contributed by atoms with Gasteiger partial charge in [0.25, 0.3) is 0 Å². The van der Waals surface area contributed by atoms with Crippen LogP contribution in [-0.4, -0.2) is 86.6 Å². The maximum atomic E-state index is 12.8. The Bertz CT molecular complexity index is 843. The molecule has 7 heteroatoms. The molecule has 166 valence electrons. The van der Waals surface area contributed by atoms with Crippen molar-refractivity contribution < 1.29 is 9.53 Å². The predicted molar refractivity (Wildman–Crippen MR) is 125 cm³/mol. The Hall–Kier alpha value is -2.28. The van der Waals surface area contributed by atoms with Gasteiger partial charge in [-0.1, -0.05) is 23.7 Å². The van der Waals surface area contributed by atoms with Gasteiger partial charge in [0.05, 0.1) is 13.7 Å². The smallest absolute Gasteiger partial charge is 0.236 e. The average Bonchev–Trinajstić information content (AvgIpc) is 2.82. The van der Waals surface area contributed by atoms with Gasteiger partial charge in [0.2, 0.25) is 5.91 Å². The van der Waals surface area contributed by atoms with Crippen molar-refractivity contribution >= 4 is 23.2 Å². The minimum Gasteiger partial charge on any atom is -0.497 e. The Morgan fingerprint density at radius 2 is 1.45 bits per heavy atom. The minimum atomic E-state index is 0.250. The summed E-state index contributed by atoms with van der Waals surface area (Å²) >= 11 is 5.97. The van der Waals surface area contributed by atoms with Crippen LogP contribution < -0.4 is 9.64 Å². The standard InChI is InChI=1S/C24H31ClN4O2/c1-31-23-8-6-22(7-9-23)28-14-16-29(17-15-28)24(30)19-27-12-10-26(11-13-27)18-20-2-4-21(25)5-3-20/h2-9H,10-19H2,1H3. The van der Waals surface area contributed by atoms with Crippen LogP contribution in [-0.2, 0) is 11.3 Å². The summed E-state index contributed by atoms with van der Waals surface area (Å²) < 4.78 is 5.23. The summed E-state index contributed by atoms with van der Waals surface area (Å²) in [4.78, 5) is 21.9. The number of nitrogens with zero attached hydrogens (tertiary/aromatic N) is 4. The lowest BCUT2D eigenvalue weighted by atomic mass is 10.2. The molecule has 0 N–H and O–H groups in total. The first-order valence-electron chi connectivity index (χ1n) is 11.0. The van der Waals surface area contributed by atoms with Crippen LogP contribution >= 0.6 is 11.6 Å². The molecule has 0 saturated carbocycles. The van der Waals surface area contributed by atoms with Gasteiger partial charge in [-0.3, -0.25) is 14.6 Å². The second-order valence-corrected chi connectivity index (χ2v) is 8.68. The van der Waals surface area contributed by atoms with E-state index in [1.165, 1.54) is 11.3 Å². The van der Waals surface area contributed by atoms with E-state index in [0.29, 0.717) is 6.54 Å². The summed E-state index contributed by atoms with van der Waals surface area (Å²) in [5, 5.41) is 0.775. The monoisotopic (exact) mass is 442 g/mol. The molecule has 0 bridgehead atoms. The number of hydrogen-bond acceptors (Lipinski definition) is 5. The Labute approximate surface area is 189 Å². The third-order valence-electron chi connectivity index (χ3n) is 6.21. The van der Waals surface area contributed by atoms with Crippen molar-refractivity contribution in [3.8, 4) is 5.75 Å². The number of amides is 1. The summed E-state index contributed by atoms with van der Waals surface area (Å²) in [6.45, 7) is 8.60. The van der Waals surface area contributed by atoms with Crippen LogP contribution in [0.4, 0.5) is 5.69 Å². The number of carbonyl (C=O) groups excluding carboxylic acids is 1. The van der Waals surface area contributed by atoms with E-state index in [4.69, 9.17) is 16.3 Å². The van der Waals surface area contributed by atoms with Crippen molar-refractivity contribution in [1.29, 1.82) is 0 Å². The fourth-order valence-electron chi connectivity index (χ4n) is 4.25. The molecule has 2 saturated heterocycles. The van der Waals surface area contributed by atoms with E-state index in [-0.39, 0.29) is 5.91 Å². The normalized spacial score (nSPS) is 18.3.